The molecule has 1 atom stereocenters. The normalized spacial score (nSPS) is 20.4. The molecule has 116 valence electrons. The molecule has 0 aliphatic carbocycles. The van der Waals surface area contributed by atoms with Crippen LogP contribution in [0, 0.1) is 5.92 Å². The average Bonchev–Trinajstić information content (AvgIpc) is 2.77. The minimum atomic E-state index is -2.91. The first-order chi connectivity index (χ1) is 9.87. The highest BCUT2D eigenvalue weighted by Crippen LogP contribution is 2.20. The van der Waals surface area contributed by atoms with Gasteiger partial charge in [-0.15, -0.1) is 0 Å². The summed E-state index contributed by atoms with van der Waals surface area (Å²) in [6, 6.07) is 9.72. The molecule has 0 aromatic heterocycles. The fourth-order valence-electron chi connectivity index (χ4n) is 2.53. The Labute approximate surface area is 132 Å². The largest absolute Gasteiger partial charge is 0.345 e. The van der Waals surface area contributed by atoms with Gasteiger partial charge in [-0.3, -0.25) is 0 Å². The van der Waals surface area contributed by atoms with Crippen molar-refractivity contribution in [3.05, 3.63) is 30.3 Å². The summed E-state index contributed by atoms with van der Waals surface area (Å²) in [5.74, 6) is 0.889. The van der Waals surface area contributed by atoms with Crippen LogP contribution >= 0.6 is 12.2 Å². The zero-order chi connectivity index (χ0) is 15.5. The van der Waals surface area contributed by atoms with Crippen LogP contribution in [0.1, 0.15) is 20.3 Å². The Balaban J connectivity index is 2.10. The monoisotopic (exact) mass is 326 g/mol. The van der Waals surface area contributed by atoms with Gasteiger partial charge in [0, 0.05) is 18.3 Å². The fourth-order valence-corrected chi connectivity index (χ4v) is 4.60. The predicted octanol–water partition coefficient (Wildman–Crippen LogP) is 2.53. The number of thiocarbonyl (C=S) groups is 1. The standard InChI is InChI=1S/C15H22N2O2S2/c1-12(2)10-17(14-8-9-21(18,19)11-14)15(20)16-13-6-4-3-5-7-13/h3-7,12,14H,8-11H2,1-2H3,(H,16,20). The molecule has 1 unspecified atom stereocenters. The van der Waals surface area contributed by atoms with Crippen LogP contribution in [0.5, 0.6) is 0 Å². The van der Waals surface area contributed by atoms with Crippen LogP contribution in [0.15, 0.2) is 30.3 Å². The number of rotatable bonds is 4. The molecule has 1 N–H and O–H groups in total. The van der Waals surface area contributed by atoms with Crippen LogP contribution in [-0.4, -0.2) is 42.5 Å². The van der Waals surface area contributed by atoms with E-state index in [1.54, 1.807) is 0 Å². The van der Waals surface area contributed by atoms with E-state index in [1.165, 1.54) is 0 Å². The number of nitrogens with one attached hydrogen (secondary N) is 1. The minimum absolute atomic E-state index is 0.0129. The Bertz CT molecular complexity index is 585. The second-order valence-corrected chi connectivity index (χ2v) is 8.51. The molecule has 2 rings (SSSR count). The summed E-state index contributed by atoms with van der Waals surface area (Å²) in [5, 5.41) is 3.82. The van der Waals surface area contributed by atoms with E-state index in [9.17, 15) is 8.42 Å². The lowest BCUT2D eigenvalue weighted by Gasteiger charge is -2.32. The highest BCUT2D eigenvalue weighted by molar-refractivity contribution is 7.91. The summed E-state index contributed by atoms with van der Waals surface area (Å²) in [4.78, 5) is 2.04. The molecule has 1 aliphatic rings. The van der Waals surface area contributed by atoms with Crippen molar-refractivity contribution in [1.82, 2.24) is 4.90 Å². The van der Waals surface area contributed by atoms with Crippen LogP contribution in [-0.2, 0) is 9.84 Å². The fraction of sp³-hybridized carbons (Fsp3) is 0.533. The van der Waals surface area contributed by atoms with Crippen molar-refractivity contribution in [1.29, 1.82) is 0 Å². The molecule has 0 spiro atoms. The number of para-hydroxylation sites is 1. The second-order valence-electron chi connectivity index (χ2n) is 5.90. The SMILES string of the molecule is CC(C)CN(C(=S)Nc1ccccc1)C1CCS(=O)(=O)C1. The van der Waals surface area contributed by atoms with E-state index in [-0.39, 0.29) is 17.5 Å². The Morgan fingerprint density at radius 1 is 1.38 bits per heavy atom. The third kappa shape index (κ3) is 4.68. The Kier molecular flexibility index (Phi) is 5.22. The van der Waals surface area contributed by atoms with Gasteiger partial charge >= 0.3 is 0 Å². The smallest absolute Gasteiger partial charge is 0.173 e. The van der Waals surface area contributed by atoms with Gasteiger partial charge in [-0.1, -0.05) is 32.0 Å². The van der Waals surface area contributed by atoms with Crippen molar-refractivity contribution < 1.29 is 8.42 Å². The zero-order valence-electron chi connectivity index (χ0n) is 12.5. The van der Waals surface area contributed by atoms with Crippen LogP contribution in [0.2, 0.25) is 0 Å². The molecular formula is C15H22N2O2S2. The predicted molar refractivity (Wildman–Crippen MR) is 91.3 cm³/mol. The molecule has 0 amide bonds. The Hall–Kier alpha value is -1.14. The zero-order valence-corrected chi connectivity index (χ0v) is 14.1. The average molecular weight is 326 g/mol. The van der Waals surface area contributed by atoms with E-state index in [0.717, 1.165) is 12.2 Å². The van der Waals surface area contributed by atoms with E-state index in [2.05, 4.69) is 19.2 Å². The van der Waals surface area contributed by atoms with Crippen molar-refractivity contribution in [2.75, 3.05) is 23.4 Å². The summed E-state index contributed by atoms with van der Waals surface area (Å²) in [7, 11) is -2.91. The molecule has 4 nitrogen and oxygen atoms in total. The first-order valence-electron chi connectivity index (χ1n) is 7.20. The maximum Gasteiger partial charge on any atom is 0.173 e. The second kappa shape index (κ2) is 6.75. The number of sulfone groups is 1. The van der Waals surface area contributed by atoms with Gasteiger partial charge in [-0.25, -0.2) is 8.42 Å². The first kappa shape index (κ1) is 16.2. The minimum Gasteiger partial charge on any atom is -0.345 e. The summed E-state index contributed by atoms with van der Waals surface area (Å²) in [5.41, 5.74) is 0.928. The summed E-state index contributed by atoms with van der Waals surface area (Å²) in [6.07, 6.45) is 0.658. The van der Waals surface area contributed by atoms with Crippen LogP contribution < -0.4 is 5.32 Å². The molecule has 1 aromatic rings. The molecule has 0 bridgehead atoms. The van der Waals surface area contributed by atoms with Gasteiger partial charge in [-0.05, 0) is 36.7 Å². The molecule has 21 heavy (non-hydrogen) atoms. The highest BCUT2D eigenvalue weighted by atomic mass is 32.2. The van der Waals surface area contributed by atoms with E-state index < -0.39 is 9.84 Å². The van der Waals surface area contributed by atoms with Gasteiger partial charge in [-0.2, -0.15) is 0 Å². The topological polar surface area (TPSA) is 49.4 Å². The van der Waals surface area contributed by atoms with Crippen LogP contribution in [0.4, 0.5) is 5.69 Å². The summed E-state index contributed by atoms with van der Waals surface area (Å²) < 4.78 is 23.4. The maximum atomic E-state index is 11.7. The van der Waals surface area contributed by atoms with Crippen molar-refractivity contribution >= 4 is 32.9 Å². The van der Waals surface area contributed by atoms with Crippen molar-refractivity contribution in [3.63, 3.8) is 0 Å². The van der Waals surface area contributed by atoms with Crippen LogP contribution in [0.25, 0.3) is 0 Å². The lowest BCUT2D eigenvalue weighted by Crippen LogP contribution is -2.45. The van der Waals surface area contributed by atoms with Gasteiger partial charge in [0.05, 0.1) is 11.5 Å². The quantitative estimate of drug-likeness (QED) is 0.862. The lowest BCUT2D eigenvalue weighted by atomic mass is 10.1. The van der Waals surface area contributed by atoms with Gasteiger partial charge < -0.3 is 10.2 Å². The van der Waals surface area contributed by atoms with Crippen molar-refractivity contribution in [3.8, 4) is 0 Å². The lowest BCUT2D eigenvalue weighted by molar-refractivity contribution is 0.303. The number of hydrogen-bond donors (Lipinski definition) is 1. The van der Waals surface area contributed by atoms with E-state index >= 15 is 0 Å². The van der Waals surface area contributed by atoms with Crippen molar-refractivity contribution in [2.45, 2.75) is 26.3 Å². The van der Waals surface area contributed by atoms with E-state index in [0.29, 0.717) is 17.5 Å². The van der Waals surface area contributed by atoms with Gasteiger partial charge in [0.2, 0.25) is 0 Å². The van der Waals surface area contributed by atoms with Gasteiger partial charge in [0.25, 0.3) is 0 Å². The molecule has 0 saturated carbocycles. The Morgan fingerprint density at radius 3 is 2.57 bits per heavy atom. The molecule has 1 saturated heterocycles. The van der Waals surface area contributed by atoms with E-state index in [1.807, 2.05) is 35.2 Å². The summed E-state index contributed by atoms with van der Waals surface area (Å²) in [6.45, 7) is 4.99. The number of hydrogen-bond acceptors (Lipinski definition) is 3. The molecule has 0 radical (unpaired) electrons. The number of anilines is 1. The molecule has 1 fully saturated rings. The van der Waals surface area contributed by atoms with E-state index in [4.69, 9.17) is 12.2 Å². The molecule has 1 heterocycles. The summed E-state index contributed by atoms with van der Waals surface area (Å²) >= 11 is 5.51. The first-order valence-corrected chi connectivity index (χ1v) is 9.43. The van der Waals surface area contributed by atoms with Gasteiger partial charge in [0.15, 0.2) is 14.9 Å². The Morgan fingerprint density at radius 2 is 2.05 bits per heavy atom. The number of benzene rings is 1. The van der Waals surface area contributed by atoms with Crippen molar-refractivity contribution in [2.24, 2.45) is 5.92 Å². The molecule has 6 heteroatoms. The third-order valence-corrected chi connectivity index (χ3v) is 5.58. The number of nitrogens with zero attached hydrogens (tertiary/aromatic N) is 1. The molecular weight excluding hydrogens is 304 g/mol. The van der Waals surface area contributed by atoms with Gasteiger partial charge in [0.1, 0.15) is 0 Å². The molecule has 1 aliphatic heterocycles. The molecule has 1 aromatic carbocycles. The third-order valence-electron chi connectivity index (χ3n) is 3.50. The maximum absolute atomic E-state index is 11.7. The highest BCUT2D eigenvalue weighted by Gasteiger charge is 2.33. The van der Waals surface area contributed by atoms with Crippen LogP contribution in [0.3, 0.4) is 0 Å².